The minimum absolute atomic E-state index is 0.465. The van der Waals surface area contributed by atoms with Crippen LogP contribution in [0.1, 0.15) is 18.0 Å². The Hall–Kier alpha value is -1.17. The van der Waals surface area contributed by atoms with Gasteiger partial charge in [-0.15, -0.1) is 0 Å². The third-order valence-corrected chi connectivity index (χ3v) is 1.83. The molecule has 0 aliphatic heterocycles. The Kier molecular flexibility index (Phi) is 3.28. The molecular weight excluding hydrogens is 217 g/mol. The first-order chi connectivity index (χ1) is 6.81. The van der Waals surface area contributed by atoms with E-state index < -0.39 is 35.8 Å². The molecule has 1 aromatic rings. The van der Waals surface area contributed by atoms with Gasteiger partial charge >= 0.3 is 6.18 Å². The zero-order chi connectivity index (χ0) is 11.6. The van der Waals surface area contributed by atoms with Gasteiger partial charge in [-0.3, -0.25) is 0 Å². The maximum absolute atomic E-state index is 13.0. The predicted octanol–water partition coefficient (Wildman–Crippen LogP) is 2.92. The summed E-state index contributed by atoms with van der Waals surface area (Å²) >= 11 is 0. The second-order valence-corrected chi connectivity index (χ2v) is 3.07. The maximum Gasteiger partial charge on any atom is 0.390 e. The first-order valence-electron chi connectivity index (χ1n) is 4.07. The van der Waals surface area contributed by atoms with Crippen LogP contribution in [-0.2, 0) is 0 Å². The van der Waals surface area contributed by atoms with Gasteiger partial charge < -0.3 is 5.73 Å². The highest BCUT2D eigenvalue weighted by atomic mass is 19.4. The fourth-order valence-electron chi connectivity index (χ4n) is 1.17. The SMILES string of the molecule is NC(CC(F)(F)F)c1cccc(F)c1F. The normalized spacial score (nSPS) is 14.0. The van der Waals surface area contributed by atoms with Crippen LogP contribution < -0.4 is 5.73 Å². The van der Waals surface area contributed by atoms with Crippen molar-refractivity contribution in [1.29, 1.82) is 0 Å². The topological polar surface area (TPSA) is 26.0 Å². The molecule has 0 saturated heterocycles. The molecule has 0 radical (unpaired) electrons. The summed E-state index contributed by atoms with van der Waals surface area (Å²) in [7, 11) is 0. The summed E-state index contributed by atoms with van der Waals surface area (Å²) in [6.07, 6.45) is -5.88. The molecule has 0 aliphatic carbocycles. The molecule has 0 amide bonds. The Morgan fingerprint density at radius 1 is 1.20 bits per heavy atom. The van der Waals surface area contributed by atoms with Crippen LogP contribution in [-0.4, -0.2) is 6.18 Å². The summed E-state index contributed by atoms with van der Waals surface area (Å²) in [5, 5.41) is 0. The van der Waals surface area contributed by atoms with Crippen molar-refractivity contribution in [1.82, 2.24) is 0 Å². The minimum Gasteiger partial charge on any atom is -0.324 e. The highest BCUT2D eigenvalue weighted by molar-refractivity contribution is 5.22. The lowest BCUT2D eigenvalue weighted by Gasteiger charge is -2.15. The van der Waals surface area contributed by atoms with E-state index in [-0.39, 0.29) is 0 Å². The van der Waals surface area contributed by atoms with E-state index in [4.69, 9.17) is 5.73 Å². The predicted molar refractivity (Wildman–Crippen MR) is 44.0 cm³/mol. The second-order valence-electron chi connectivity index (χ2n) is 3.07. The summed E-state index contributed by atoms with van der Waals surface area (Å²) in [6.45, 7) is 0. The molecule has 1 aromatic carbocycles. The van der Waals surface area contributed by atoms with Gasteiger partial charge in [0, 0.05) is 11.6 Å². The molecule has 0 aromatic heterocycles. The molecule has 0 bridgehead atoms. The average Bonchev–Trinajstić information content (AvgIpc) is 2.06. The third kappa shape index (κ3) is 3.16. The second kappa shape index (κ2) is 4.14. The lowest BCUT2D eigenvalue weighted by molar-refractivity contribution is -0.138. The van der Waals surface area contributed by atoms with Crippen LogP contribution in [0.15, 0.2) is 18.2 Å². The van der Waals surface area contributed by atoms with E-state index in [9.17, 15) is 22.0 Å². The number of rotatable bonds is 2. The number of hydrogen-bond donors (Lipinski definition) is 1. The van der Waals surface area contributed by atoms with Crippen molar-refractivity contribution in [3.8, 4) is 0 Å². The van der Waals surface area contributed by atoms with Crippen molar-refractivity contribution < 1.29 is 22.0 Å². The van der Waals surface area contributed by atoms with Crippen LogP contribution in [0.3, 0.4) is 0 Å². The summed E-state index contributed by atoms with van der Waals surface area (Å²) in [5.74, 6) is -2.53. The third-order valence-electron chi connectivity index (χ3n) is 1.83. The lowest BCUT2D eigenvalue weighted by atomic mass is 10.0. The van der Waals surface area contributed by atoms with Gasteiger partial charge in [-0.2, -0.15) is 13.2 Å². The molecule has 1 atom stereocenters. The molecule has 1 unspecified atom stereocenters. The van der Waals surface area contributed by atoms with Gasteiger partial charge in [-0.1, -0.05) is 12.1 Å². The highest BCUT2D eigenvalue weighted by Crippen LogP contribution is 2.29. The fourth-order valence-corrected chi connectivity index (χ4v) is 1.17. The quantitative estimate of drug-likeness (QED) is 0.769. The average molecular weight is 225 g/mol. The molecule has 15 heavy (non-hydrogen) atoms. The van der Waals surface area contributed by atoms with Gasteiger partial charge in [0.15, 0.2) is 11.6 Å². The van der Waals surface area contributed by atoms with Crippen molar-refractivity contribution in [3.63, 3.8) is 0 Å². The first kappa shape index (κ1) is 11.9. The van der Waals surface area contributed by atoms with Gasteiger partial charge in [-0.05, 0) is 6.07 Å². The fraction of sp³-hybridized carbons (Fsp3) is 0.333. The van der Waals surface area contributed by atoms with Crippen molar-refractivity contribution >= 4 is 0 Å². The van der Waals surface area contributed by atoms with E-state index in [1.807, 2.05) is 0 Å². The zero-order valence-electron chi connectivity index (χ0n) is 7.48. The number of benzene rings is 1. The van der Waals surface area contributed by atoms with E-state index in [0.717, 1.165) is 18.2 Å². The molecule has 1 rings (SSSR count). The Balaban J connectivity index is 2.92. The van der Waals surface area contributed by atoms with Gasteiger partial charge in [0.25, 0.3) is 0 Å². The van der Waals surface area contributed by atoms with Crippen LogP contribution >= 0.6 is 0 Å². The Morgan fingerprint density at radius 2 is 1.80 bits per heavy atom. The molecule has 0 saturated carbocycles. The lowest BCUT2D eigenvalue weighted by Crippen LogP contribution is -2.21. The van der Waals surface area contributed by atoms with Crippen LogP contribution in [0.2, 0.25) is 0 Å². The number of nitrogens with two attached hydrogens (primary N) is 1. The van der Waals surface area contributed by atoms with E-state index >= 15 is 0 Å². The van der Waals surface area contributed by atoms with E-state index in [0.29, 0.717) is 0 Å². The van der Waals surface area contributed by atoms with E-state index in [1.165, 1.54) is 0 Å². The van der Waals surface area contributed by atoms with Crippen LogP contribution in [0, 0.1) is 11.6 Å². The highest BCUT2D eigenvalue weighted by Gasteiger charge is 2.32. The molecule has 6 heteroatoms. The largest absolute Gasteiger partial charge is 0.390 e. The van der Waals surface area contributed by atoms with Gasteiger partial charge in [0.2, 0.25) is 0 Å². The van der Waals surface area contributed by atoms with Crippen LogP contribution in [0.4, 0.5) is 22.0 Å². The van der Waals surface area contributed by atoms with Gasteiger partial charge in [0.05, 0.1) is 6.42 Å². The molecule has 0 spiro atoms. The first-order valence-corrected chi connectivity index (χ1v) is 4.07. The molecule has 0 heterocycles. The standard InChI is InChI=1S/C9H8F5N/c10-6-3-1-2-5(8(6)11)7(15)4-9(12,13)14/h1-3,7H,4,15H2. The van der Waals surface area contributed by atoms with Gasteiger partial charge in [0.1, 0.15) is 0 Å². The zero-order valence-corrected chi connectivity index (χ0v) is 7.48. The molecule has 0 fully saturated rings. The molecule has 1 nitrogen and oxygen atoms in total. The Bertz CT molecular complexity index is 347. The monoisotopic (exact) mass is 225 g/mol. The Morgan fingerprint density at radius 3 is 2.33 bits per heavy atom. The van der Waals surface area contributed by atoms with Crippen molar-refractivity contribution in [3.05, 3.63) is 35.4 Å². The van der Waals surface area contributed by atoms with Crippen LogP contribution in [0.25, 0.3) is 0 Å². The molecule has 2 N–H and O–H groups in total. The van der Waals surface area contributed by atoms with Crippen LogP contribution in [0.5, 0.6) is 0 Å². The van der Waals surface area contributed by atoms with Crippen molar-refractivity contribution in [2.45, 2.75) is 18.6 Å². The van der Waals surface area contributed by atoms with E-state index in [1.54, 1.807) is 0 Å². The summed E-state index contributed by atoms with van der Waals surface area (Å²) in [5.41, 5.74) is 4.66. The summed E-state index contributed by atoms with van der Waals surface area (Å²) < 4.78 is 61.4. The smallest absolute Gasteiger partial charge is 0.324 e. The number of alkyl halides is 3. The van der Waals surface area contributed by atoms with Crippen molar-refractivity contribution in [2.24, 2.45) is 5.73 Å². The van der Waals surface area contributed by atoms with E-state index in [2.05, 4.69) is 0 Å². The Labute approximate surface area is 82.7 Å². The maximum atomic E-state index is 13.0. The minimum atomic E-state index is -4.50. The number of hydrogen-bond acceptors (Lipinski definition) is 1. The molecule has 84 valence electrons. The molecular formula is C9H8F5N. The number of halogens is 5. The van der Waals surface area contributed by atoms with Crippen molar-refractivity contribution in [2.75, 3.05) is 0 Å². The van der Waals surface area contributed by atoms with Gasteiger partial charge in [-0.25, -0.2) is 8.78 Å². The molecule has 0 aliphatic rings. The summed E-state index contributed by atoms with van der Waals surface area (Å²) in [6, 6.07) is 1.39. The summed E-state index contributed by atoms with van der Waals surface area (Å²) in [4.78, 5) is 0.